The third-order valence-electron chi connectivity index (χ3n) is 2.41. The van der Waals surface area contributed by atoms with Gasteiger partial charge in [0.05, 0.1) is 0 Å². The van der Waals surface area contributed by atoms with E-state index in [0.717, 1.165) is 0 Å². The van der Waals surface area contributed by atoms with Gasteiger partial charge < -0.3 is 10.2 Å². The second-order valence-electron chi connectivity index (χ2n) is 3.48. The highest BCUT2D eigenvalue weighted by Gasteiger charge is 2.23. The minimum atomic E-state index is -0.453. The van der Waals surface area contributed by atoms with Crippen LogP contribution in [-0.2, 0) is 9.59 Å². The van der Waals surface area contributed by atoms with Gasteiger partial charge in [0.1, 0.15) is 6.04 Å². The van der Waals surface area contributed by atoms with Crippen LogP contribution in [0.15, 0.2) is 12.0 Å². The molecule has 0 aromatic rings. The Hall–Kier alpha value is -0.970. The van der Waals surface area contributed by atoms with Crippen LogP contribution in [0, 0.1) is 0 Å². The summed E-state index contributed by atoms with van der Waals surface area (Å²) in [5, 5.41) is 4.43. The molecular formula is C12H22N2O2S. The number of thioether (sulfide) groups is 1. The second kappa shape index (κ2) is 9.10. The molecule has 0 bridgehead atoms. The van der Waals surface area contributed by atoms with Crippen molar-refractivity contribution in [1.29, 1.82) is 0 Å². The SMILES string of the molecule is C=CSC[C@H](NC(=O)CC)C(=O)N(CC)CC. The number of amides is 2. The molecule has 0 fully saturated rings. The van der Waals surface area contributed by atoms with E-state index in [1.165, 1.54) is 11.8 Å². The molecule has 1 atom stereocenters. The van der Waals surface area contributed by atoms with Crippen molar-refractivity contribution < 1.29 is 9.59 Å². The Morgan fingerprint density at radius 3 is 2.35 bits per heavy atom. The maximum Gasteiger partial charge on any atom is 0.245 e. The molecule has 0 radical (unpaired) electrons. The van der Waals surface area contributed by atoms with Crippen molar-refractivity contribution in [2.45, 2.75) is 33.2 Å². The van der Waals surface area contributed by atoms with Crippen LogP contribution in [0.2, 0.25) is 0 Å². The molecule has 0 saturated carbocycles. The smallest absolute Gasteiger partial charge is 0.245 e. The van der Waals surface area contributed by atoms with Crippen molar-refractivity contribution in [3.8, 4) is 0 Å². The molecule has 98 valence electrons. The van der Waals surface area contributed by atoms with E-state index in [1.54, 1.807) is 17.2 Å². The predicted octanol–water partition coefficient (Wildman–Crippen LogP) is 1.63. The van der Waals surface area contributed by atoms with Crippen LogP contribution < -0.4 is 5.32 Å². The van der Waals surface area contributed by atoms with Gasteiger partial charge in [0, 0.05) is 25.3 Å². The molecule has 0 aliphatic rings. The third-order valence-corrected chi connectivity index (χ3v) is 3.17. The summed E-state index contributed by atoms with van der Waals surface area (Å²) in [6.45, 7) is 10.6. The lowest BCUT2D eigenvalue weighted by molar-refractivity contribution is -0.135. The monoisotopic (exact) mass is 258 g/mol. The number of likely N-dealkylation sites (N-methyl/N-ethyl adjacent to an activating group) is 1. The molecule has 0 unspecified atom stereocenters. The molecule has 0 aromatic carbocycles. The normalized spacial score (nSPS) is 11.7. The number of hydrogen-bond acceptors (Lipinski definition) is 3. The number of carbonyl (C=O) groups is 2. The molecule has 0 aliphatic carbocycles. The lowest BCUT2D eigenvalue weighted by Gasteiger charge is -2.25. The molecule has 0 rings (SSSR count). The Morgan fingerprint density at radius 2 is 1.94 bits per heavy atom. The van der Waals surface area contributed by atoms with Crippen LogP contribution in [0.4, 0.5) is 0 Å². The molecule has 4 nitrogen and oxygen atoms in total. The molecule has 0 heterocycles. The lowest BCUT2D eigenvalue weighted by atomic mass is 10.2. The van der Waals surface area contributed by atoms with Crippen LogP contribution in [-0.4, -0.2) is 41.6 Å². The maximum absolute atomic E-state index is 12.1. The Kier molecular flexibility index (Phi) is 8.58. The summed E-state index contributed by atoms with van der Waals surface area (Å²) in [7, 11) is 0. The molecule has 1 N–H and O–H groups in total. The summed E-state index contributed by atoms with van der Waals surface area (Å²) >= 11 is 1.44. The van der Waals surface area contributed by atoms with Gasteiger partial charge in [-0.15, -0.1) is 11.8 Å². The van der Waals surface area contributed by atoms with Crippen molar-refractivity contribution in [2.24, 2.45) is 0 Å². The van der Waals surface area contributed by atoms with E-state index in [-0.39, 0.29) is 11.8 Å². The number of hydrogen-bond donors (Lipinski definition) is 1. The average Bonchev–Trinajstić information content (AvgIpc) is 2.35. The zero-order valence-corrected chi connectivity index (χ0v) is 11.7. The van der Waals surface area contributed by atoms with E-state index in [1.807, 2.05) is 13.8 Å². The Morgan fingerprint density at radius 1 is 1.35 bits per heavy atom. The van der Waals surface area contributed by atoms with Gasteiger partial charge >= 0.3 is 0 Å². The largest absolute Gasteiger partial charge is 0.344 e. The lowest BCUT2D eigenvalue weighted by Crippen LogP contribution is -2.49. The molecule has 5 heteroatoms. The van der Waals surface area contributed by atoms with Crippen molar-refractivity contribution in [3.05, 3.63) is 12.0 Å². The van der Waals surface area contributed by atoms with Crippen molar-refractivity contribution in [3.63, 3.8) is 0 Å². The molecule has 0 saturated heterocycles. The maximum atomic E-state index is 12.1. The van der Waals surface area contributed by atoms with Crippen molar-refractivity contribution >= 4 is 23.6 Å². The number of nitrogens with zero attached hydrogens (tertiary/aromatic N) is 1. The second-order valence-corrected chi connectivity index (χ2v) is 4.48. The van der Waals surface area contributed by atoms with Crippen molar-refractivity contribution in [2.75, 3.05) is 18.8 Å². The predicted molar refractivity (Wildman–Crippen MR) is 72.8 cm³/mol. The van der Waals surface area contributed by atoms with Crippen LogP contribution in [0.1, 0.15) is 27.2 Å². The molecule has 0 spiro atoms. The van der Waals surface area contributed by atoms with Gasteiger partial charge in [0.25, 0.3) is 0 Å². The fraction of sp³-hybridized carbons (Fsp3) is 0.667. The fourth-order valence-corrected chi connectivity index (χ4v) is 1.95. The van der Waals surface area contributed by atoms with Crippen LogP contribution in [0.25, 0.3) is 0 Å². The zero-order chi connectivity index (χ0) is 13.3. The first-order valence-electron chi connectivity index (χ1n) is 5.91. The molecule has 0 aliphatic heterocycles. The summed E-state index contributed by atoms with van der Waals surface area (Å²) in [6, 6.07) is -0.453. The van der Waals surface area contributed by atoms with Gasteiger partial charge in [-0.2, -0.15) is 0 Å². The highest BCUT2D eigenvalue weighted by atomic mass is 32.2. The standard InChI is InChI=1S/C12H22N2O2S/c1-5-11(15)13-10(9-17-8-4)12(16)14(6-2)7-3/h8,10H,4-7,9H2,1-3H3,(H,13,15)/t10-/m0/s1. The van der Waals surface area contributed by atoms with Gasteiger partial charge in [0.15, 0.2) is 0 Å². The van der Waals surface area contributed by atoms with Gasteiger partial charge in [0.2, 0.25) is 11.8 Å². The molecule has 2 amide bonds. The van der Waals surface area contributed by atoms with Gasteiger partial charge in [-0.1, -0.05) is 13.5 Å². The highest BCUT2D eigenvalue weighted by Crippen LogP contribution is 2.06. The van der Waals surface area contributed by atoms with E-state index in [9.17, 15) is 9.59 Å². The molecule has 0 aromatic heterocycles. The fourth-order valence-electron chi connectivity index (χ4n) is 1.39. The first-order chi connectivity index (χ1) is 8.10. The first kappa shape index (κ1) is 16.0. The highest BCUT2D eigenvalue weighted by molar-refractivity contribution is 8.02. The summed E-state index contributed by atoms with van der Waals surface area (Å²) in [5.41, 5.74) is 0. The quantitative estimate of drug-likeness (QED) is 0.720. The van der Waals surface area contributed by atoms with Crippen molar-refractivity contribution in [1.82, 2.24) is 10.2 Å². The topological polar surface area (TPSA) is 49.4 Å². The summed E-state index contributed by atoms with van der Waals surface area (Å²) in [6.07, 6.45) is 0.390. The summed E-state index contributed by atoms with van der Waals surface area (Å²) < 4.78 is 0. The summed E-state index contributed by atoms with van der Waals surface area (Å²) in [5.74, 6) is 0.413. The third kappa shape index (κ3) is 5.77. The van der Waals surface area contributed by atoms with Crippen LogP contribution in [0.5, 0.6) is 0 Å². The van der Waals surface area contributed by atoms with E-state index in [0.29, 0.717) is 25.3 Å². The van der Waals surface area contributed by atoms with E-state index < -0.39 is 6.04 Å². The minimum absolute atomic E-state index is 0.0221. The van der Waals surface area contributed by atoms with Crippen LogP contribution >= 0.6 is 11.8 Å². The molecule has 17 heavy (non-hydrogen) atoms. The summed E-state index contributed by atoms with van der Waals surface area (Å²) in [4.78, 5) is 25.2. The van der Waals surface area contributed by atoms with E-state index in [4.69, 9.17) is 0 Å². The zero-order valence-electron chi connectivity index (χ0n) is 10.9. The average molecular weight is 258 g/mol. The van der Waals surface area contributed by atoms with Gasteiger partial charge in [-0.3, -0.25) is 9.59 Å². The van der Waals surface area contributed by atoms with Gasteiger partial charge in [-0.05, 0) is 19.3 Å². The van der Waals surface area contributed by atoms with Gasteiger partial charge in [-0.25, -0.2) is 0 Å². The van der Waals surface area contributed by atoms with E-state index in [2.05, 4.69) is 11.9 Å². The number of rotatable bonds is 8. The number of nitrogens with one attached hydrogen (secondary N) is 1. The number of carbonyl (C=O) groups excluding carboxylic acids is 2. The first-order valence-corrected chi connectivity index (χ1v) is 6.96. The Bertz CT molecular complexity index is 265. The minimum Gasteiger partial charge on any atom is -0.344 e. The van der Waals surface area contributed by atoms with Crippen LogP contribution in [0.3, 0.4) is 0 Å². The molecular weight excluding hydrogens is 236 g/mol. The van der Waals surface area contributed by atoms with E-state index >= 15 is 0 Å². The Labute approximate surface area is 108 Å². The Balaban J connectivity index is 4.58.